The molecule has 0 saturated carbocycles. The Morgan fingerprint density at radius 2 is 1.95 bits per heavy atom. The van der Waals surface area contributed by atoms with Gasteiger partial charge in [-0.1, -0.05) is 12.1 Å². The smallest absolute Gasteiger partial charge is 0.387 e. The number of rotatable bonds is 4. The molecule has 0 radical (unpaired) electrons. The van der Waals surface area contributed by atoms with E-state index in [-0.39, 0.29) is 17.0 Å². The van der Waals surface area contributed by atoms with Gasteiger partial charge in [-0.25, -0.2) is 4.98 Å². The predicted octanol–water partition coefficient (Wildman–Crippen LogP) is 3.07. The molecule has 20 heavy (non-hydrogen) atoms. The van der Waals surface area contributed by atoms with Crippen LogP contribution in [0, 0.1) is 5.95 Å². The first-order valence-corrected chi connectivity index (χ1v) is 5.53. The summed E-state index contributed by atoms with van der Waals surface area (Å²) in [7, 11) is 0. The normalized spacial score (nSPS) is 10.4. The summed E-state index contributed by atoms with van der Waals surface area (Å²) in [5.74, 6) is -1.96. The average Bonchev–Trinajstić information content (AvgIpc) is 2.41. The first kappa shape index (κ1) is 13.9. The molecule has 0 aliphatic carbocycles. The summed E-state index contributed by atoms with van der Waals surface area (Å²) in [6.45, 7) is -3.02. The van der Waals surface area contributed by atoms with Crippen LogP contribution in [0.3, 0.4) is 0 Å². The van der Waals surface area contributed by atoms with Gasteiger partial charge in [-0.05, 0) is 24.3 Å². The minimum Gasteiger partial charge on any atom is -0.433 e. The summed E-state index contributed by atoms with van der Waals surface area (Å²) < 4.78 is 42.0. The standard InChI is InChI=1S/C13H9F3N2O2/c14-11-8(4-3-7-17-11)12(19)18-9-5-1-2-6-10(9)20-13(15)16/h1-7,13H,(H,18,19). The van der Waals surface area contributed by atoms with Gasteiger partial charge in [-0.2, -0.15) is 13.2 Å². The van der Waals surface area contributed by atoms with Crippen LogP contribution in [0.2, 0.25) is 0 Å². The van der Waals surface area contributed by atoms with Crippen LogP contribution in [-0.2, 0) is 0 Å². The van der Waals surface area contributed by atoms with Gasteiger partial charge in [0, 0.05) is 6.20 Å². The van der Waals surface area contributed by atoms with E-state index in [0.29, 0.717) is 0 Å². The topological polar surface area (TPSA) is 51.2 Å². The van der Waals surface area contributed by atoms with Crippen LogP contribution in [0.15, 0.2) is 42.6 Å². The lowest BCUT2D eigenvalue weighted by atomic mass is 10.2. The lowest BCUT2D eigenvalue weighted by molar-refractivity contribution is -0.0493. The van der Waals surface area contributed by atoms with E-state index in [2.05, 4.69) is 15.0 Å². The van der Waals surface area contributed by atoms with Crippen LogP contribution in [0.4, 0.5) is 18.9 Å². The number of amides is 1. The number of para-hydroxylation sites is 2. The molecule has 0 aliphatic rings. The maximum Gasteiger partial charge on any atom is 0.387 e. The molecule has 1 N–H and O–H groups in total. The minimum atomic E-state index is -3.02. The van der Waals surface area contributed by atoms with Crippen molar-refractivity contribution in [3.63, 3.8) is 0 Å². The summed E-state index contributed by atoms with van der Waals surface area (Å²) in [5.41, 5.74) is -0.277. The molecule has 0 unspecified atom stereocenters. The van der Waals surface area contributed by atoms with Crippen molar-refractivity contribution in [1.82, 2.24) is 4.98 Å². The van der Waals surface area contributed by atoms with Gasteiger partial charge < -0.3 is 10.1 Å². The Hall–Kier alpha value is -2.57. The number of hydrogen-bond donors (Lipinski definition) is 1. The van der Waals surface area contributed by atoms with Gasteiger partial charge in [0.05, 0.1) is 11.3 Å². The van der Waals surface area contributed by atoms with Crippen LogP contribution in [0.25, 0.3) is 0 Å². The van der Waals surface area contributed by atoms with Crippen molar-refractivity contribution in [2.75, 3.05) is 5.32 Å². The van der Waals surface area contributed by atoms with E-state index in [1.807, 2.05) is 0 Å². The Bertz CT molecular complexity index is 620. The largest absolute Gasteiger partial charge is 0.433 e. The Morgan fingerprint density at radius 1 is 1.20 bits per heavy atom. The Kier molecular flexibility index (Phi) is 4.19. The number of carbonyl (C=O) groups excluding carboxylic acids is 1. The van der Waals surface area contributed by atoms with Gasteiger partial charge in [0.1, 0.15) is 5.75 Å². The van der Waals surface area contributed by atoms with Crippen LogP contribution < -0.4 is 10.1 Å². The van der Waals surface area contributed by atoms with E-state index >= 15 is 0 Å². The fourth-order valence-corrected chi connectivity index (χ4v) is 1.51. The van der Waals surface area contributed by atoms with Crippen molar-refractivity contribution < 1.29 is 22.7 Å². The number of pyridine rings is 1. The van der Waals surface area contributed by atoms with E-state index in [0.717, 1.165) is 0 Å². The number of nitrogens with zero attached hydrogens (tertiary/aromatic N) is 1. The summed E-state index contributed by atoms with van der Waals surface area (Å²) in [4.78, 5) is 15.2. The molecule has 0 fully saturated rings. The number of carbonyl (C=O) groups is 1. The first-order valence-electron chi connectivity index (χ1n) is 5.53. The molecular weight excluding hydrogens is 273 g/mol. The van der Waals surface area contributed by atoms with E-state index in [9.17, 15) is 18.0 Å². The Balaban J connectivity index is 2.22. The second-order valence-corrected chi connectivity index (χ2v) is 3.67. The van der Waals surface area contributed by atoms with Gasteiger partial charge in [0.25, 0.3) is 5.91 Å². The van der Waals surface area contributed by atoms with E-state index in [4.69, 9.17) is 0 Å². The molecule has 0 atom stereocenters. The first-order chi connectivity index (χ1) is 9.58. The maximum atomic E-state index is 13.3. The molecule has 4 nitrogen and oxygen atoms in total. The van der Waals surface area contributed by atoms with Crippen molar-refractivity contribution in [2.45, 2.75) is 6.61 Å². The van der Waals surface area contributed by atoms with Crippen molar-refractivity contribution in [3.05, 3.63) is 54.1 Å². The van der Waals surface area contributed by atoms with Crippen LogP contribution >= 0.6 is 0 Å². The second-order valence-electron chi connectivity index (χ2n) is 3.67. The molecule has 0 aliphatic heterocycles. The zero-order chi connectivity index (χ0) is 14.5. The molecule has 0 saturated heterocycles. The highest BCUT2D eigenvalue weighted by atomic mass is 19.3. The van der Waals surface area contributed by atoms with Crippen LogP contribution in [0.1, 0.15) is 10.4 Å². The fraction of sp³-hybridized carbons (Fsp3) is 0.0769. The monoisotopic (exact) mass is 282 g/mol. The molecule has 1 aromatic heterocycles. The summed E-state index contributed by atoms with van der Waals surface area (Å²) in [5, 5.41) is 2.30. The Morgan fingerprint density at radius 3 is 2.65 bits per heavy atom. The maximum absolute atomic E-state index is 13.3. The molecule has 104 valence electrons. The highest BCUT2D eigenvalue weighted by Crippen LogP contribution is 2.26. The average molecular weight is 282 g/mol. The zero-order valence-corrected chi connectivity index (χ0v) is 10.0. The molecule has 1 heterocycles. The lowest BCUT2D eigenvalue weighted by Gasteiger charge is -2.11. The lowest BCUT2D eigenvalue weighted by Crippen LogP contribution is -2.15. The van der Waals surface area contributed by atoms with Gasteiger partial charge >= 0.3 is 6.61 Å². The number of halogens is 3. The van der Waals surface area contributed by atoms with E-state index in [1.165, 1.54) is 42.6 Å². The molecule has 2 aromatic rings. The number of anilines is 1. The van der Waals surface area contributed by atoms with Crippen molar-refractivity contribution >= 4 is 11.6 Å². The molecule has 7 heteroatoms. The van der Waals surface area contributed by atoms with Gasteiger partial charge in [-0.3, -0.25) is 4.79 Å². The van der Waals surface area contributed by atoms with E-state index < -0.39 is 18.5 Å². The predicted molar refractivity (Wildman–Crippen MR) is 65.2 cm³/mol. The van der Waals surface area contributed by atoms with Gasteiger partial charge in [-0.15, -0.1) is 0 Å². The van der Waals surface area contributed by atoms with Gasteiger partial charge in [0.2, 0.25) is 5.95 Å². The third kappa shape index (κ3) is 3.25. The molecule has 2 rings (SSSR count). The van der Waals surface area contributed by atoms with Crippen LogP contribution in [0.5, 0.6) is 5.75 Å². The zero-order valence-electron chi connectivity index (χ0n) is 10.0. The van der Waals surface area contributed by atoms with E-state index in [1.54, 1.807) is 0 Å². The highest BCUT2D eigenvalue weighted by Gasteiger charge is 2.15. The van der Waals surface area contributed by atoms with Crippen LogP contribution in [-0.4, -0.2) is 17.5 Å². The Labute approximate surface area is 112 Å². The number of aromatic nitrogens is 1. The molecular formula is C13H9F3N2O2. The molecule has 1 aromatic carbocycles. The molecule has 0 bridgehead atoms. The minimum absolute atomic E-state index is 0.0149. The quantitative estimate of drug-likeness (QED) is 0.877. The summed E-state index contributed by atoms with van der Waals surface area (Å²) >= 11 is 0. The SMILES string of the molecule is O=C(Nc1ccccc1OC(F)F)c1cccnc1F. The van der Waals surface area contributed by atoms with Crippen molar-refractivity contribution in [1.29, 1.82) is 0 Å². The fourth-order valence-electron chi connectivity index (χ4n) is 1.51. The number of ether oxygens (including phenoxy) is 1. The third-order valence-corrected chi connectivity index (χ3v) is 2.36. The molecule has 1 amide bonds. The molecule has 0 spiro atoms. The number of hydrogen-bond acceptors (Lipinski definition) is 3. The van der Waals surface area contributed by atoms with Crippen molar-refractivity contribution in [3.8, 4) is 5.75 Å². The number of nitrogens with one attached hydrogen (secondary N) is 1. The van der Waals surface area contributed by atoms with Crippen molar-refractivity contribution in [2.24, 2.45) is 0 Å². The second kappa shape index (κ2) is 6.05. The third-order valence-electron chi connectivity index (χ3n) is 2.36. The summed E-state index contributed by atoms with van der Waals surface area (Å²) in [6.07, 6.45) is 1.19. The highest BCUT2D eigenvalue weighted by molar-refractivity contribution is 6.04. The number of benzene rings is 1. The number of alkyl halides is 2. The summed E-state index contributed by atoms with van der Waals surface area (Å²) in [6, 6.07) is 8.24. The van der Waals surface area contributed by atoms with Gasteiger partial charge in [0.15, 0.2) is 0 Å².